The van der Waals surface area contributed by atoms with Crippen LogP contribution in [0.3, 0.4) is 0 Å². The molecule has 0 fully saturated rings. The van der Waals surface area contributed by atoms with Gasteiger partial charge in [-0.1, -0.05) is 146 Å². The normalized spacial score (nSPS) is 14.4. The van der Waals surface area contributed by atoms with Gasteiger partial charge in [0.15, 0.2) is 5.84 Å². The van der Waals surface area contributed by atoms with Crippen molar-refractivity contribution in [1.82, 2.24) is 9.88 Å². The number of fused-ring (bicyclic) bond motifs is 10. The average molecular weight is 799 g/mol. The summed E-state index contributed by atoms with van der Waals surface area (Å²) in [6.07, 6.45) is -0.421. The highest BCUT2D eigenvalue weighted by Crippen LogP contribution is 2.41. The fourth-order valence-corrected chi connectivity index (χ4v) is 10.5. The fourth-order valence-electron chi connectivity index (χ4n) is 9.38. The van der Waals surface area contributed by atoms with E-state index >= 15 is 0 Å². The summed E-state index contributed by atoms with van der Waals surface area (Å²) in [5, 5.41) is 13.1. The molecule has 13 rings (SSSR count). The van der Waals surface area contributed by atoms with E-state index in [0.29, 0.717) is 11.7 Å². The SMILES string of the molecule is c1ccc(-c2ccc(C3N=C(c4cccc5sc6ccccc6c45)N=C(c4cc(-n5c6ccccc6c6cc7ccccc7cc65)cc5c4oc4ccccc45)N3)cc2)cc1. The molecule has 61 heavy (non-hydrogen) atoms. The second-order valence-electron chi connectivity index (χ2n) is 15.8. The lowest BCUT2D eigenvalue weighted by atomic mass is 10.0. The van der Waals surface area contributed by atoms with Crippen molar-refractivity contribution in [3.05, 3.63) is 211 Å². The molecular formula is C55H34N4OS. The van der Waals surface area contributed by atoms with Crippen molar-refractivity contribution >= 4 is 97.7 Å². The Kier molecular flexibility index (Phi) is 7.47. The summed E-state index contributed by atoms with van der Waals surface area (Å²) in [4.78, 5) is 10.9. The number of amidine groups is 2. The van der Waals surface area contributed by atoms with Gasteiger partial charge in [-0.3, -0.25) is 0 Å². The zero-order valence-electron chi connectivity index (χ0n) is 32.7. The molecule has 0 saturated heterocycles. The van der Waals surface area contributed by atoms with Gasteiger partial charge in [0.05, 0.1) is 16.6 Å². The van der Waals surface area contributed by atoms with Gasteiger partial charge in [-0.15, -0.1) is 11.3 Å². The largest absolute Gasteiger partial charge is 0.455 e. The molecule has 0 bridgehead atoms. The van der Waals surface area contributed by atoms with Crippen LogP contribution in [0.2, 0.25) is 0 Å². The molecule has 0 radical (unpaired) electrons. The minimum absolute atomic E-state index is 0.421. The van der Waals surface area contributed by atoms with Crippen LogP contribution >= 0.6 is 11.3 Å². The maximum Gasteiger partial charge on any atom is 0.160 e. The lowest BCUT2D eigenvalue weighted by Gasteiger charge is -2.24. The van der Waals surface area contributed by atoms with Crippen LogP contribution in [0.15, 0.2) is 209 Å². The van der Waals surface area contributed by atoms with E-state index in [0.717, 1.165) is 60.9 Å². The third kappa shape index (κ3) is 5.39. The highest BCUT2D eigenvalue weighted by atomic mass is 32.1. The second kappa shape index (κ2) is 13.4. The van der Waals surface area contributed by atoms with Crippen LogP contribution in [0.1, 0.15) is 22.9 Å². The molecule has 0 aliphatic carbocycles. The van der Waals surface area contributed by atoms with Crippen LogP contribution in [0.5, 0.6) is 0 Å². The predicted molar refractivity (Wildman–Crippen MR) is 256 cm³/mol. The van der Waals surface area contributed by atoms with Crippen molar-refractivity contribution < 1.29 is 4.42 Å². The van der Waals surface area contributed by atoms with Crippen molar-refractivity contribution in [3.63, 3.8) is 0 Å². The number of nitrogens with zero attached hydrogens (tertiary/aromatic N) is 3. The monoisotopic (exact) mass is 798 g/mol. The summed E-state index contributed by atoms with van der Waals surface area (Å²) in [7, 11) is 0. The highest BCUT2D eigenvalue weighted by Gasteiger charge is 2.27. The molecule has 5 nitrogen and oxygen atoms in total. The van der Waals surface area contributed by atoms with E-state index in [1.807, 2.05) is 12.1 Å². The van der Waals surface area contributed by atoms with E-state index < -0.39 is 6.17 Å². The number of aromatic nitrogens is 1. The van der Waals surface area contributed by atoms with Crippen molar-refractivity contribution in [2.24, 2.45) is 9.98 Å². The van der Waals surface area contributed by atoms with Crippen LogP contribution in [0, 0.1) is 0 Å². The van der Waals surface area contributed by atoms with Crippen molar-refractivity contribution in [3.8, 4) is 16.8 Å². The standard InChI is InChI=1S/C55H34N4OS/c1-2-13-33(14-3-1)34-25-27-35(28-26-34)53-56-54(42-20-12-24-50-51(42)41-19-8-11-23-49(41)61-50)58-55(57-53)45-32-38(31-44-40-18-7-10-22-48(40)60-52(44)45)59-46-21-9-6-17-39(46)43-29-36-15-4-5-16-37(36)30-47(43)59/h1-32,53H,(H,56,57,58). The van der Waals surface area contributed by atoms with Crippen LogP contribution < -0.4 is 5.32 Å². The molecule has 9 aromatic carbocycles. The summed E-state index contributed by atoms with van der Waals surface area (Å²) >= 11 is 1.80. The first-order chi connectivity index (χ1) is 30.2. The van der Waals surface area contributed by atoms with Gasteiger partial charge in [-0.05, 0) is 76.0 Å². The first kappa shape index (κ1) is 34.1. The topological polar surface area (TPSA) is 54.8 Å². The Labute approximate surface area is 354 Å². The first-order valence-electron chi connectivity index (χ1n) is 20.6. The number of furan rings is 1. The van der Waals surface area contributed by atoms with Gasteiger partial charge in [0.1, 0.15) is 23.2 Å². The number of benzene rings is 9. The minimum Gasteiger partial charge on any atom is -0.455 e. The lowest BCUT2D eigenvalue weighted by molar-refractivity contribution is 0.659. The molecule has 0 saturated carbocycles. The van der Waals surface area contributed by atoms with Gasteiger partial charge in [0.25, 0.3) is 0 Å². The fraction of sp³-hybridized carbons (Fsp3) is 0.0182. The van der Waals surface area contributed by atoms with Crippen LogP contribution in [-0.4, -0.2) is 16.2 Å². The number of para-hydroxylation sites is 2. The zero-order valence-corrected chi connectivity index (χ0v) is 33.5. The Morgan fingerprint density at radius 1 is 0.508 bits per heavy atom. The smallest absolute Gasteiger partial charge is 0.160 e. The van der Waals surface area contributed by atoms with Gasteiger partial charge in [0.2, 0.25) is 0 Å². The Morgan fingerprint density at radius 2 is 1.21 bits per heavy atom. The van der Waals surface area contributed by atoms with E-state index in [1.165, 1.54) is 47.3 Å². The molecule has 0 spiro atoms. The minimum atomic E-state index is -0.421. The number of hydrogen-bond acceptors (Lipinski definition) is 5. The van der Waals surface area contributed by atoms with Gasteiger partial charge in [-0.2, -0.15) is 0 Å². The number of nitrogens with one attached hydrogen (secondary N) is 1. The number of rotatable bonds is 5. The Bertz CT molecular complexity index is 3800. The molecule has 1 N–H and O–H groups in total. The molecule has 3 aromatic heterocycles. The zero-order chi connectivity index (χ0) is 40.0. The third-order valence-electron chi connectivity index (χ3n) is 12.2. The quantitative estimate of drug-likeness (QED) is 0.189. The van der Waals surface area contributed by atoms with Crippen LogP contribution in [0.25, 0.3) is 91.5 Å². The predicted octanol–water partition coefficient (Wildman–Crippen LogP) is 14.4. The first-order valence-corrected chi connectivity index (χ1v) is 21.4. The summed E-state index contributed by atoms with van der Waals surface area (Å²) in [5.74, 6) is 1.38. The number of hydrogen-bond donors (Lipinski definition) is 1. The molecule has 286 valence electrons. The summed E-state index contributed by atoms with van der Waals surface area (Å²) in [6.45, 7) is 0. The summed E-state index contributed by atoms with van der Waals surface area (Å²) in [6, 6.07) is 69.2. The van der Waals surface area contributed by atoms with Gasteiger partial charge >= 0.3 is 0 Å². The third-order valence-corrected chi connectivity index (χ3v) is 13.4. The summed E-state index contributed by atoms with van der Waals surface area (Å²) < 4.78 is 11.7. The van der Waals surface area contributed by atoms with E-state index in [-0.39, 0.29) is 0 Å². The Hall–Kier alpha value is -7.80. The van der Waals surface area contributed by atoms with Crippen molar-refractivity contribution in [2.45, 2.75) is 6.17 Å². The molecule has 1 unspecified atom stereocenters. The molecule has 4 heterocycles. The van der Waals surface area contributed by atoms with E-state index in [2.05, 4.69) is 192 Å². The molecule has 12 aromatic rings. The molecule has 1 atom stereocenters. The van der Waals surface area contributed by atoms with Crippen LogP contribution in [0.4, 0.5) is 0 Å². The molecule has 1 aliphatic heterocycles. The Morgan fingerprint density at radius 3 is 2.08 bits per heavy atom. The van der Waals surface area contributed by atoms with E-state index in [9.17, 15) is 0 Å². The molecular weight excluding hydrogens is 765 g/mol. The maximum absolute atomic E-state index is 6.84. The molecule has 0 amide bonds. The number of aliphatic imine (C=N–C) groups is 2. The van der Waals surface area contributed by atoms with E-state index in [1.54, 1.807) is 11.3 Å². The van der Waals surface area contributed by atoms with Crippen molar-refractivity contribution in [1.29, 1.82) is 0 Å². The summed E-state index contributed by atoms with van der Waals surface area (Å²) in [5.41, 5.74) is 10.2. The van der Waals surface area contributed by atoms with E-state index in [4.69, 9.17) is 14.4 Å². The highest BCUT2D eigenvalue weighted by molar-refractivity contribution is 7.25. The van der Waals surface area contributed by atoms with Gasteiger partial charge in [0, 0.05) is 53.0 Å². The van der Waals surface area contributed by atoms with Crippen molar-refractivity contribution in [2.75, 3.05) is 0 Å². The number of thiophene rings is 1. The average Bonchev–Trinajstić information content (AvgIpc) is 4.00. The maximum atomic E-state index is 6.84. The second-order valence-corrected chi connectivity index (χ2v) is 16.8. The van der Waals surface area contributed by atoms with Crippen LogP contribution in [-0.2, 0) is 0 Å². The van der Waals surface area contributed by atoms with Gasteiger partial charge in [-0.25, -0.2) is 9.98 Å². The Balaban J connectivity index is 1.07. The molecule has 1 aliphatic rings. The molecule has 6 heteroatoms. The lowest BCUT2D eigenvalue weighted by Crippen LogP contribution is -2.33. The van der Waals surface area contributed by atoms with Gasteiger partial charge < -0.3 is 14.3 Å².